The van der Waals surface area contributed by atoms with E-state index < -0.39 is 11.9 Å². The van der Waals surface area contributed by atoms with Gasteiger partial charge in [0.15, 0.2) is 0 Å². The van der Waals surface area contributed by atoms with Crippen LogP contribution in [0.15, 0.2) is 12.2 Å². The standard InChI is InChI=1S/C11H18O4/c1-4-6-7-8-15-11(13)9(3)10(12)14-5-2/h3-8H2,1-2H3. The van der Waals surface area contributed by atoms with E-state index in [-0.39, 0.29) is 12.2 Å². The Hall–Kier alpha value is -1.32. The second kappa shape index (κ2) is 8.03. The van der Waals surface area contributed by atoms with Gasteiger partial charge >= 0.3 is 11.9 Å². The molecule has 0 saturated heterocycles. The monoisotopic (exact) mass is 214 g/mol. The molecule has 0 radical (unpaired) electrons. The van der Waals surface area contributed by atoms with Crippen molar-refractivity contribution in [3.63, 3.8) is 0 Å². The van der Waals surface area contributed by atoms with Gasteiger partial charge in [-0.1, -0.05) is 26.3 Å². The quantitative estimate of drug-likeness (QED) is 0.213. The second-order valence-corrected chi connectivity index (χ2v) is 3.04. The van der Waals surface area contributed by atoms with Crippen LogP contribution in [0.5, 0.6) is 0 Å². The first-order chi connectivity index (χ1) is 7.13. The first-order valence-electron chi connectivity index (χ1n) is 5.16. The maximum absolute atomic E-state index is 11.2. The van der Waals surface area contributed by atoms with Gasteiger partial charge in [0.25, 0.3) is 0 Å². The Balaban J connectivity index is 3.79. The highest BCUT2D eigenvalue weighted by Crippen LogP contribution is 2.01. The lowest BCUT2D eigenvalue weighted by molar-refractivity contribution is -0.146. The van der Waals surface area contributed by atoms with E-state index in [1.54, 1.807) is 6.92 Å². The molecule has 86 valence electrons. The number of ether oxygens (including phenoxy) is 2. The minimum Gasteiger partial charge on any atom is -0.462 e. The van der Waals surface area contributed by atoms with Crippen LogP contribution in [0, 0.1) is 0 Å². The lowest BCUT2D eigenvalue weighted by atomic mass is 10.2. The van der Waals surface area contributed by atoms with Crippen molar-refractivity contribution in [2.45, 2.75) is 33.1 Å². The highest BCUT2D eigenvalue weighted by molar-refractivity contribution is 6.13. The Kier molecular flexibility index (Phi) is 7.32. The van der Waals surface area contributed by atoms with Crippen molar-refractivity contribution in [2.75, 3.05) is 13.2 Å². The van der Waals surface area contributed by atoms with E-state index in [0.717, 1.165) is 19.3 Å². The molecule has 0 unspecified atom stereocenters. The summed E-state index contributed by atoms with van der Waals surface area (Å²) in [6.07, 6.45) is 2.86. The predicted molar refractivity (Wildman–Crippen MR) is 56.3 cm³/mol. The average Bonchev–Trinajstić information content (AvgIpc) is 2.23. The van der Waals surface area contributed by atoms with Gasteiger partial charge in [0.1, 0.15) is 5.57 Å². The van der Waals surface area contributed by atoms with E-state index in [9.17, 15) is 9.59 Å². The van der Waals surface area contributed by atoms with Crippen LogP contribution in [0.4, 0.5) is 0 Å². The zero-order valence-electron chi connectivity index (χ0n) is 9.38. The number of unbranched alkanes of at least 4 members (excludes halogenated alkanes) is 2. The summed E-state index contributed by atoms with van der Waals surface area (Å²) in [6, 6.07) is 0. The molecular formula is C11H18O4. The van der Waals surface area contributed by atoms with Gasteiger partial charge in [0.2, 0.25) is 0 Å². The first kappa shape index (κ1) is 13.7. The number of carbonyl (C=O) groups excluding carboxylic acids is 2. The summed E-state index contributed by atoms with van der Waals surface area (Å²) < 4.78 is 9.45. The Morgan fingerprint density at radius 1 is 1.07 bits per heavy atom. The van der Waals surface area contributed by atoms with Crippen molar-refractivity contribution >= 4 is 11.9 Å². The van der Waals surface area contributed by atoms with Gasteiger partial charge in [-0.05, 0) is 13.3 Å². The van der Waals surface area contributed by atoms with Crippen LogP contribution in [0.25, 0.3) is 0 Å². The molecule has 4 nitrogen and oxygen atoms in total. The van der Waals surface area contributed by atoms with Gasteiger partial charge in [0, 0.05) is 0 Å². The van der Waals surface area contributed by atoms with Crippen molar-refractivity contribution in [3.8, 4) is 0 Å². The molecular weight excluding hydrogens is 196 g/mol. The minimum absolute atomic E-state index is 0.223. The Bertz CT molecular complexity index is 233. The molecule has 4 heteroatoms. The Labute approximate surface area is 90.2 Å². The van der Waals surface area contributed by atoms with Crippen LogP contribution in [-0.4, -0.2) is 25.2 Å². The van der Waals surface area contributed by atoms with Gasteiger partial charge < -0.3 is 9.47 Å². The van der Waals surface area contributed by atoms with Gasteiger partial charge in [0.05, 0.1) is 13.2 Å². The Morgan fingerprint density at radius 3 is 2.20 bits per heavy atom. The van der Waals surface area contributed by atoms with Crippen molar-refractivity contribution in [3.05, 3.63) is 12.2 Å². The van der Waals surface area contributed by atoms with E-state index in [0.29, 0.717) is 6.61 Å². The van der Waals surface area contributed by atoms with Crippen LogP contribution in [0.1, 0.15) is 33.1 Å². The fourth-order valence-corrected chi connectivity index (χ4v) is 0.906. The molecule has 15 heavy (non-hydrogen) atoms. The van der Waals surface area contributed by atoms with Crippen LogP contribution in [0.3, 0.4) is 0 Å². The number of rotatable bonds is 7. The number of carbonyl (C=O) groups is 2. The number of hydrogen-bond donors (Lipinski definition) is 0. The lowest BCUT2D eigenvalue weighted by Crippen LogP contribution is -2.17. The summed E-state index contributed by atoms with van der Waals surface area (Å²) >= 11 is 0. The maximum atomic E-state index is 11.2. The number of esters is 2. The molecule has 0 saturated carbocycles. The topological polar surface area (TPSA) is 52.6 Å². The van der Waals surface area contributed by atoms with Gasteiger partial charge in [-0.25, -0.2) is 9.59 Å². The molecule has 0 aromatic rings. The molecule has 0 bridgehead atoms. The smallest absolute Gasteiger partial charge is 0.344 e. The maximum Gasteiger partial charge on any atom is 0.344 e. The summed E-state index contributed by atoms with van der Waals surface area (Å²) in [5.41, 5.74) is -0.242. The van der Waals surface area contributed by atoms with Crippen LogP contribution >= 0.6 is 0 Å². The second-order valence-electron chi connectivity index (χ2n) is 3.04. The molecule has 0 amide bonds. The largest absolute Gasteiger partial charge is 0.462 e. The molecule has 0 atom stereocenters. The normalized spacial score (nSPS) is 9.47. The summed E-state index contributed by atoms with van der Waals surface area (Å²) in [5, 5.41) is 0. The molecule has 0 aromatic carbocycles. The molecule has 0 heterocycles. The van der Waals surface area contributed by atoms with Gasteiger partial charge in [-0.2, -0.15) is 0 Å². The van der Waals surface area contributed by atoms with Crippen molar-refractivity contribution in [2.24, 2.45) is 0 Å². The summed E-state index contributed by atoms with van der Waals surface area (Å²) in [5.74, 6) is -1.40. The number of hydrogen-bond acceptors (Lipinski definition) is 4. The third kappa shape index (κ3) is 5.88. The fourth-order valence-electron chi connectivity index (χ4n) is 0.906. The lowest BCUT2D eigenvalue weighted by Gasteiger charge is -2.05. The summed E-state index contributed by atoms with van der Waals surface area (Å²) in [7, 11) is 0. The SMILES string of the molecule is C=C(C(=O)OCC)C(=O)OCCCCC. The minimum atomic E-state index is -0.710. The van der Waals surface area contributed by atoms with Crippen molar-refractivity contribution in [1.82, 2.24) is 0 Å². The molecule has 0 rings (SSSR count). The molecule has 0 spiro atoms. The van der Waals surface area contributed by atoms with E-state index in [1.165, 1.54) is 0 Å². The zero-order valence-corrected chi connectivity index (χ0v) is 9.38. The third-order valence-corrected chi connectivity index (χ3v) is 1.75. The van der Waals surface area contributed by atoms with Crippen molar-refractivity contribution < 1.29 is 19.1 Å². The Morgan fingerprint density at radius 2 is 1.67 bits per heavy atom. The van der Waals surface area contributed by atoms with Crippen LogP contribution in [-0.2, 0) is 19.1 Å². The van der Waals surface area contributed by atoms with Gasteiger partial charge in [-0.3, -0.25) is 0 Å². The van der Waals surface area contributed by atoms with E-state index >= 15 is 0 Å². The van der Waals surface area contributed by atoms with Crippen LogP contribution < -0.4 is 0 Å². The highest BCUT2D eigenvalue weighted by Gasteiger charge is 2.17. The van der Waals surface area contributed by atoms with E-state index in [2.05, 4.69) is 18.2 Å². The molecule has 0 fully saturated rings. The molecule has 0 aliphatic rings. The zero-order chi connectivity index (χ0) is 11.7. The summed E-state index contributed by atoms with van der Waals surface area (Å²) in [4.78, 5) is 22.3. The average molecular weight is 214 g/mol. The fraction of sp³-hybridized carbons (Fsp3) is 0.636. The van der Waals surface area contributed by atoms with Gasteiger partial charge in [-0.15, -0.1) is 0 Å². The molecule has 0 aliphatic heterocycles. The highest BCUT2D eigenvalue weighted by atomic mass is 16.6. The van der Waals surface area contributed by atoms with Crippen molar-refractivity contribution in [1.29, 1.82) is 0 Å². The van der Waals surface area contributed by atoms with Crippen LogP contribution in [0.2, 0.25) is 0 Å². The van der Waals surface area contributed by atoms with E-state index in [1.807, 2.05) is 0 Å². The molecule has 0 aromatic heterocycles. The summed E-state index contributed by atoms with van der Waals surface area (Å²) in [6.45, 7) is 7.59. The molecule has 0 N–H and O–H groups in total. The first-order valence-corrected chi connectivity index (χ1v) is 5.16. The predicted octanol–water partition coefficient (Wildman–Crippen LogP) is 1.84. The molecule has 0 aliphatic carbocycles. The van der Waals surface area contributed by atoms with E-state index in [4.69, 9.17) is 4.74 Å². The third-order valence-electron chi connectivity index (χ3n) is 1.75.